The van der Waals surface area contributed by atoms with Gasteiger partial charge in [-0.2, -0.15) is 0 Å². The van der Waals surface area contributed by atoms with Crippen LogP contribution >= 0.6 is 22.7 Å². The highest BCUT2D eigenvalue weighted by molar-refractivity contribution is 7.22. The van der Waals surface area contributed by atoms with Gasteiger partial charge in [0.25, 0.3) is 0 Å². The fourth-order valence-corrected chi connectivity index (χ4v) is 10.2. The van der Waals surface area contributed by atoms with Crippen LogP contribution in [0.15, 0.2) is 96.5 Å². The van der Waals surface area contributed by atoms with Crippen LogP contribution in [0, 0.1) is 12.3 Å². The molecule has 4 aromatic carbocycles. The lowest BCUT2D eigenvalue weighted by atomic mass is 9.85. The number of β-amino-alcohol motifs (C(OH)–C–C–N with tert-alkyl or cyclic N) is 1. The van der Waals surface area contributed by atoms with Gasteiger partial charge in [0.05, 0.1) is 75.5 Å². The van der Waals surface area contributed by atoms with E-state index < -0.39 is 35.4 Å². The summed E-state index contributed by atoms with van der Waals surface area (Å²) < 4.78 is 34.5. The Kier molecular flexibility index (Phi) is 18.9. The molecule has 0 radical (unpaired) electrons. The molecule has 0 aliphatic carbocycles. The number of carbonyl (C=O) groups excluding carboxylic acids is 4. The van der Waals surface area contributed by atoms with Crippen molar-refractivity contribution in [1.82, 2.24) is 20.5 Å². The zero-order valence-electron chi connectivity index (χ0n) is 41.1. The number of carbonyl (C=O) groups is 4. The van der Waals surface area contributed by atoms with Crippen LogP contribution in [-0.4, -0.2) is 135 Å². The molecule has 3 atom stereocenters. The number of thiophene rings is 1. The summed E-state index contributed by atoms with van der Waals surface area (Å²) in [5.74, 6) is 0.00241. The molecule has 1 saturated heterocycles. The second kappa shape index (κ2) is 25.4. The standard InChI is InChI=1S/C54H62N4O12S2/c1-34-49(71-33-56-34)37-8-6-35(7-9-37)30-55-52(63)44-28-40(60)31-58(44)53(64)51(54(2,3)4)57-46(61)32-69-25-24-67-21-20-66-22-23-68-26-27-70-41-16-12-36(13-17-41)48(62)47-43-19-18-42(65-5)29-45(43)72-50(47)38-10-14-39(59)15-11-38/h6-19,29,33,40,44,51,59-60H,20-28,30-32H2,1-5H3,(H,55,63)(H,57,61). The summed E-state index contributed by atoms with van der Waals surface area (Å²) in [6.45, 7) is 9.71. The lowest BCUT2D eigenvalue weighted by Gasteiger charge is -2.35. The van der Waals surface area contributed by atoms with Crippen LogP contribution in [-0.2, 0) is 39.9 Å². The number of aryl methyl sites for hydroxylation is 1. The number of aromatic nitrogens is 1. The molecule has 72 heavy (non-hydrogen) atoms. The molecule has 18 heteroatoms. The number of nitrogens with one attached hydrogen (secondary N) is 2. The summed E-state index contributed by atoms with van der Waals surface area (Å²) in [7, 11) is 1.61. The third-order valence-electron chi connectivity index (χ3n) is 11.9. The number of methoxy groups -OCH3 is 1. The molecular weight excluding hydrogens is 961 g/mol. The van der Waals surface area contributed by atoms with Crippen molar-refractivity contribution in [3.8, 4) is 38.1 Å². The van der Waals surface area contributed by atoms with E-state index in [1.165, 1.54) is 16.2 Å². The molecule has 0 spiro atoms. The van der Waals surface area contributed by atoms with Crippen molar-refractivity contribution >= 4 is 56.3 Å². The Morgan fingerprint density at radius 2 is 1.40 bits per heavy atom. The van der Waals surface area contributed by atoms with Crippen molar-refractivity contribution in [3.63, 3.8) is 0 Å². The van der Waals surface area contributed by atoms with Gasteiger partial charge in [0, 0.05) is 45.6 Å². The number of ketones is 1. The highest BCUT2D eigenvalue weighted by atomic mass is 32.1. The Bertz CT molecular complexity index is 2750. The monoisotopic (exact) mass is 1020 g/mol. The van der Waals surface area contributed by atoms with Crippen molar-refractivity contribution in [2.75, 3.05) is 73.1 Å². The Morgan fingerprint density at radius 1 is 0.792 bits per heavy atom. The van der Waals surface area contributed by atoms with E-state index in [9.17, 15) is 29.4 Å². The highest BCUT2D eigenvalue weighted by Crippen LogP contribution is 2.42. The minimum absolute atomic E-state index is 0.0242. The molecule has 4 N–H and O–H groups in total. The number of aliphatic hydroxyl groups excluding tert-OH is 1. The first-order chi connectivity index (χ1) is 34.7. The summed E-state index contributed by atoms with van der Waals surface area (Å²) in [5, 5.41) is 26.9. The normalized spacial score (nSPS) is 15.1. The minimum atomic E-state index is -0.975. The number of nitrogens with zero attached hydrogens (tertiary/aromatic N) is 2. The van der Waals surface area contributed by atoms with Crippen LogP contribution in [0.1, 0.15) is 54.4 Å². The van der Waals surface area contributed by atoms with Gasteiger partial charge in [0.1, 0.15) is 42.5 Å². The quantitative estimate of drug-likeness (QED) is 0.0331. The third kappa shape index (κ3) is 14.2. The lowest BCUT2D eigenvalue weighted by Crippen LogP contribution is -2.58. The number of aromatic hydroxyl groups is 1. The van der Waals surface area contributed by atoms with Crippen molar-refractivity contribution in [2.45, 2.75) is 58.8 Å². The maximum atomic E-state index is 14.0. The first-order valence-electron chi connectivity index (χ1n) is 23.7. The van der Waals surface area contributed by atoms with E-state index in [2.05, 4.69) is 15.6 Å². The molecule has 2 aromatic heterocycles. The largest absolute Gasteiger partial charge is 0.508 e. The van der Waals surface area contributed by atoms with Gasteiger partial charge in [-0.25, -0.2) is 4.98 Å². The zero-order chi connectivity index (χ0) is 51.2. The fraction of sp³-hybridized carbons (Fsp3) is 0.389. The average Bonchev–Trinajstić information content (AvgIpc) is 4.10. The second-order valence-electron chi connectivity index (χ2n) is 18.3. The number of benzene rings is 4. The Morgan fingerprint density at radius 3 is 2.03 bits per heavy atom. The number of likely N-dealkylation sites (tertiary alicyclic amines) is 1. The first-order valence-corrected chi connectivity index (χ1v) is 25.4. The number of amides is 3. The van der Waals surface area contributed by atoms with Gasteiger partial charge in [0.2, 0.25) is 17.7 Å². The Hall–Kier alpha value is -6.25. The predicted molar refractivity (Wildman–Crippen MR) is 276 cm³/mol. The zero-order valence-corrected chi connectivity index (χ0v) is 42.8. The van der Waals surface area contributed by atoms with Crippen molar-refractivity contribution in [1.29, 1.82) is 0 Å². The van der Waals surface area contributed by atoms with E-state index in [0.717, 1.165) is 42.2 Å². The van der Waals surface area contributed by atoms with Crippen LogP contribution in [0.5, 0.6) is 17.2 Å². The molecule has 6 aromatic rings. The van der Waals surface area contributed by atoms with Gasteiger partial charge in [-0.15, -0.1) is 22.7 Å². The molecule has 0 bridgehead atoms. The maximum Gasteiger partial charge on any atom is 0.246 e. The van der Waals surface area contributed by atoms with Gasteiger partial charge < -0.3 is 54.2 Å². The molecule has 1 aliphatic rings. The van der Waals surface area contributed by atoms with Crippen molar-refractivity contribution in [2.24, 2.45) is 5.41 Å². The van der Waals surface area contributed by atoms with Crippen LogP contribution in [0.2, 0.25) is 0 Å². The summed E-state index contributed by atoms with van der Waals surface area (Å²) in [6, 6.07) is 25.5. The first kappa shape index (κ1) is 53.5. The summed E-state index contributed by atoms with van der Waals surface area (Å²) in [5.41, 5.74) is 5.93. The molecule has 3 unspecified atom stereocenters. The van der Waals surface area contributed by atoms with E-state index >= 15 is 0 Å². The van der Waals surface area contributed by atoms with E-state index in [1.54, 1.807) is 67.0 Å². The maximum absolute atomic E-state index is 14.0. The number of ether oxygens (including phenoxy) is 6. The molecule has 0 saturated carbocycles. The van der Waals surface area contributed by atoms with E-state index in [0.29, 0.717) is 62.3 Å². The number of hydrogen-bond donors (Lipinski definition) is 4. The van der Waals surface area contributed by atoms with Gasteiger partial charge in [0.15, 0.2) is 5.78 Å². The molecule has 7 rings (SSSR count). The number of phenolic OH excluding ortho intramolecular Hbond substituents is 1. The summed E-state index contributed by atoms with van der Waals surface area (Å²) in [6.07, 6.45) is -0.789. The molecule has 16 nitrogen and oxygen atoms in total. The van der Waals surface area contributed by atoms with Crippen LogP contribution in [0.25, 0.3) is 31.0 Å². The van der Waals surface area contributed by atoms with Gasteiger partial charge in [-0.1, -0.05) is 45.0 Å². The molecule has 382 valence electrons. The highest BCUT2D eigenvalue weighted by Gasteiger charge is 2.44. The van der Waals surface area contributed by atoms with Gasteiger partial charge >= 0.3 is 0 Å². The van der Waals surface area contributed by atoms with E-state index in [4.69, 9.17) is 28.4 Å². The van der Waals surface area contributed by atoms with E-state index in [-0.39, 0.29) is 56.8 Å². The smallest absolute Gasteiger partial charge is 0.246 e. The minimum Gasteiger partial charge on any atom is -0.508 e. The van der Waals surface area contributed by atoms with Gasteiger partial charge in [-0.3, -0.25) is 19.2 Å². The number of rotatable bonds is 25. The molecule has 1 aliphatic heterocycles. The SMILES string of the molecule is COc1ccc2c(C(=O)c3ccc(OCCOCCOCCOCCOCC(=O)NC(C(=O)N4CC(O)CC4C(=O)NCc4ccc(-c5scnc5C)cc4)C(C)(C)C)cc3)c(-c3ccc(O)cc3)sc2c1. The van der Waals surface area contributed by atoms with Crippen LogP contribution in [0.3, 0.4) is 0 Å². The summed E-state index contributed by atoms with van der Waals surface area (Å²) in [4.78, 5) is 61.8. The van der Waals surface area contributed by atoms with Gasteiger partial charge in [-0.05, 0) is 95.8 Å². The van der Waals surface area contributed by atoms with E-state index in [1.807, 2.05) is 75.7 Å². The fourth-order valence-electron chi connectivity index (χ4n) is 8.12. The van der Waals surface area contributed by atoms with Crippen LogP contribution in [0.4, 0.5) is 0 Å². The number of phenols is 1. The van der Waals surface area contributed by atoms with Crippen LogP contribution < -0.4 is 20.1 Å². The number of fused-ring (bicyclic) bond motifs is 1. The molecule has 1 fully saturated rings. The Balaban J connectivity index is 0.742. The van der Waals surface area contributed by atoms with Crippen molar-refractivity contribution in [3.05, 3.63) is 119 Å². The topological polar surface area (TPSA) is 204 Å². The number of aliphatic hydroxyl groups is 1. The molecule has 3 heterocycles. The predicted octanol–water partition coefficient (Wildman–Crippen LogP) is 7.20. The molecular formula is C54H62N4O12S2. The van der Waals surface area contributed by atoms with Crippen molar-refractivity contribution < 1.29 is 57.8 Å². The number of hydrogen-bond acceptors (Lipinski definition) is 15. The Labute approximate surface area is 427 Å². The second-order valence-corrected chi connectivity index (χ2v) is 20.2. The number of thiazole rings is 1. The summed E-state index contributed by atoms with van der Waals surface area (Å²) >= 11 is 3.07. The average molecular weight is 1020 g/mol. The lowest BCUT2D eigenvalue weighted by molar-refractivity contribution is -0.144. The molecule has 3 amide bonds. The third-order valence-corrected chi connectivity index (χ3v) is 14.1.